The highest BCUT2D eigenvalue weighted by molar-refractivity contribution is 5.66. The van der Waals surface area contributed by atoms with Crippen molar-refractivity contribution in [1.29, 1.82) is 0 Å². The Morgan fingerprint density at radius 3 is 2.70 bits per heavy atom. The minimum atomic E-state index is -0.732. The van der Waals surface area contributed by atoms with Crippen LogP contribution in [0.2, 0.25) is 0 Å². The van der Waals surface area contributed by atoms with Gasteiger partial charge in [-0.1, -0.05) is 13.3 Å². The summed E-state index contributed by atoms with van der Waals surface area (Å²) in [7, 11) is 0. The van der Waals surface area contributed by atoms with Gasteiger partial charge in [0, 0.05) is 6.54 Å². The van der Waals surface area contributed by atoms with E-state index < -0.39 is 5.97 Å². The summed E-state index contributed by atoms with van der Waals surface area (Å²) in [6, 6.07) is 0. The van der Waals surface area contributed by atoms with Gasteiger partial charge in [-0.3, -0.25) is 4.79 Å². The molecule has 0 rings (SSSR count). The zero-order chi connectivity index (χ0) is 7.82. The molecule has 0 aromatic rings. The third kappa shape index (κ3) is 7.43. The Morgan fingerprint density at radius 2 is 2.20 bits per heavy atom. The van der Waals surface area contributed by atoms with Crippen molar-refractivity contribution in [3.05, 3.63) is 0 Å². The fourth-order valence-electron chi connectivity index (χ4n) is 0.622. The summed E-state index contributed by atoms with van der Waals surface area (Å²) in [6.07, 6.45) is 2.50. The van der Waals surface area contributed by atoms with E-state index in [-0.39, 0.29) is 6.42 Å². The first-order valence-electron chi connectivity index (χ1n) is 3.70. The van der Waals surface area contributed by atoms with Crippen LogP contribution in [-0.4, -0.2) is 24.2 Å². The molecule has 0 amide bonds. The second-order valence-electron chi connectivity index (χ2n) is 2.25. The van der Waals surface area contributed by atoms with E-state index in [1.807, 2.05) is 0 Å². The van der Waals surface area contributed by atoms with Gasteiger partial charge in [0.05, 0.1) is 6.42 Å². The molecule has 0 atom stereocenters. The van der Waals surface area contributed by atoms with Crippen molar-refractivity contribution in [2.24, 2.45) is 0 Å². The fraction of sp³-hybridized carbons (Fsp3) is 0.857. The number of carboxylic acids is 1. The number of hydrogen-bond donors (Lipinski definition) is 2. The largest absolute Gasteiger partial charge is 0.481 e. The van der Waals surface area contributed by atoms with E-state index in [4.69, 9.17) is 5.11 Å². The molecule has 0 aromatic heterocycles. The molecule has 0 aromatic carbocycles. The van der Waals surface area contributed by atoms with Gasteiger partial charge in [0.25, 0.3) is 0 Å². The van der Waals surface area contributed by atoms with Gasteiger partial charge in [-0.2, -0.15) is 0 Å². The maximum atomic E-state index is 9.99. The molecule has 0 fully saturated rings. The van der Waals surface area contributed by atoms with Gasteiger partial charge < -0.3 is 10.4 Å². The predicted octanol–water partition coefficient (Wildman–Crippen LogP) is 0.851. The lowest BCUT2D eigenvalue weighted by Gasteiger charge is -1.99. The standard InChI is InChI=1S/C7H15NO2/c1-2-3-5-8-6-4-7(9)10/h8H,2-6H2,1H3,(H,9,10). The van der Waals surface area contributed by atoms with Gasteiger partial charge in [-0.05, 0) is 13.0 Å². The van der Waals surface area contributed by atoms with Crippen LogP contribution in [0.4, 0.5) is 0 Å². The molecule has 0 saturated heterocycles. The lowest BCUT2D eigenvalue weighted by atomic mass is 10.3. The summed E-state index contributed by atoms with van der Waals surface area (Å²) >= 11 is 0. The second-order valence-corrected chi connectivity index (χ2v) is 2.25. The summed E-state index contributed by atoms with van der Waals surface area (Å²) in [6.45, 7) is 3.64. The van der Waals surface area contributed by atoms with E-state index in [2.05, 4.69) is 12.2 Å². The third-order valence-electron chi connectivity index (χ3n) is 1.22. The van der Waals surface area contributed by atoms with Crippen LogP contribution >= 0.6 is 0 Å². The fourth-order valence-corrected chi connectivity index (χ4v) is 0.622. The molecule has 0 radical (unpaired) electrons. The van der Waals surface area contributed by atoms with Gasteiger partial charge in [0.2, 0.25) is 0 Å². The van der Waals surface area contributed by atoms with Crippen LogP contribution in [0.1, 0.15) is 26.2 Å². The van der Waals surface area contributed by atoms with E-state index in [1.165, 1.54) is 0 Å². The first kappa shape index (κ1) is 9.43. The van der Waals surface area contributed by atoms with Crippen molar-refractivity contribution in [2.45, 2.75) is 26.2 Å². The molecule has 0 bridgehead atoms. The van der Waals surface area contributed by atoms with Crippen molar-refractivity contribution in [3.63, 3.8) is 0 Å². The van der Waals surface area contributed by atoms with E-state index in [0.717, 1.165) is 19.4 Å². The number of carbonyl (C=O) groups is 1. The Morgan fingerprint density at radius 1 is 1.50 bits per heavy atom. The number of unbranched alkanes of at least 4 members (excludes halogenated alkanes) is 1. The number of aliphatic carboxylic acids is 1. The van der Waals surface area contributed by atoms with Crippen LogP contribution < -0.4 is 5.32 Å². The Bertz CT molecular complexity index is 93.6. The number of rotatable bonds is 6. The van der Waals surface area contributed by atoms with E-state index in [0.29, 0.717) is 6.54 Å². The van der Waals surface area contributed by atoms with Crippen molar-refractivity contribution in [3.8, 4) is 0 Å². The van der Waals surface area contributed by atoms with Crippen LogP contribution in [-0.2, 0) is 4.79 Å². The van der Waals surface area contributed by atoms with Gasteiger partial charge >= 0.3 is 5.97 Å². The molecule has 0 spiro atoms. The molecular formula is C7H15NO2. The molecule has 10 heavy (non-hydrogen) atoms. The van der Waals surface area contributed by atoms with Crippen LogP contribution in [0.25, 0.3) is 0 Å². The average molecular weight is 145 g/mol. The van der Waals surface area contributed by atoms with Gasteiger partial charge in [0.15, 0.2) is 0 Å². The van der Waals surface area contributed by atoms with Crippen molar-refractivity contribution in [2.75, 3.05) is 13.1 Å². The van der Waals surface area contributed by atoms with E-state index in [1.54, 1.807) is 0 Å². The number of nitrogens with one attached hydrogen (secondary N) is 1. The summed E-state index contributed by atoms with van der Waals surface area (Å²) < 4.78 is 0. The molecule has 0 unspecified atom stereocenters. The normalized spacial score (nSPS) is 9.70. The van der Waals surface area contributed by atoms with E-state index in [9.17, 15) is 4.79 Å². The number of carboxylic acid groups (broad SMARTS) is 1. The maximum Gasteiger partial charge on any atom is 0.304 e. The first-order chi connectivity index (χ1) is 4.77. The predicted molar refractivity (Wildman–Crippen MR) is 40.0 cm³/mol. The highest BCUT2D eigenvalue weighted by Crippen LogP contribution is 1.82. The Balaban J connectivity index is 2.84. The van der Waals surface area contributed by atoms with Gasteiger partial charge in [-0.25, -0.2) is 0 Å². The van der Waals surface area contributed by atoms with Crippen molar-refractivity contribution >= 4 is 5.97 Å². The molecular weight excluding hydrogens is 130 g/mol. The molecule has 2 N–H and O–H groups in total. The zero-order valence-corrected chi connectivity index (χ0v) is 6.39. The highest BCUT2D eigenvalue weighted by Gasteiger charge is 1.93. The first-order valence-corrected chi connectivity index (χ1v) is 3.70. The Hall–Kier alpha value is -0.570. The van der Waals surface area contributed by atoms with Crippen molar-refractivity contribution < 1.29 is 9.90 Å². The lowest BCUT2D eigenvalue weighted by Crippen LogP contribution is -2.18. The summed E-state index contributed by atoms with van der Waals surface area (Å²) in [5.74, 6) is -0.732. The third-order valence-corrected chi connectivity index (χ3v) is 1.22. The van der Waals surface area contributed by atoms with E-state index >= 15 is 0 Å². The van der Waals surface area contributed by atoms with Crippen molar-refractivity contribution in [1.82, 2.24) is 5.32 Å². The van der Waals surface area contributed by atoms with Crippen LogP contribution in [0.15, 0.2) is 0 Å². The molecule has 0 saturated carbocycles. The summed E-state index contributed by atoms with van der Waals surface area (Å²) in [4.78, 5) is 9.99. The lowest BCUT2D eigenvalue weighted by molar-refractivity contribution is -0.136. The maximum absolute atomic E-state index is 9.99. The minimum Gasteiger partial charge on any atom is -0.481 e. The quantitative estimate of drug-likeness (QED) is 0.545. The molecule has 0 aliphatic carbocycles. The Kier molecular flexibility index (Phi) is 6.18. The van der Waals surface area contributed by atoms with Crippen LogP contribution in [0.3, 0.4) is 0 Å². The van der Waals surface area contributed by atoms with Crippen LogP contribution in [0.5, 0.6) is 0 Å². The SMILES string of the molecule is CCCCNCCC(=O)O. The molecule has 0 aliphatic heterocycles. The average Bonchev–Trinajstić information content (AvgIpc) is 1.87. The smallest absolute Gasteiger partial charge is 0.304 e. The minimum absolute atomic E-state index is 0.226. The summed E-state index contributed by atoms with van der Waals surface area (Å²) in [5.41, 5.74) is 0. The topological polar surface area (TPSA) is 49.3 Å². The second kappa shape index (κ2) is 6.55. The molecule has 0 heterocycles. The Labute approximate surface area is 61.4 Å². The molecule has 3 heteroatoms. The van der Waals surface area contributed by atoms with Crippen LogP contribution in [0, 0.1) is 0 Å². The van der Waals surface area contributed by atoms with Gasteiger partial charge in [0.1, 0.15) is 0 Å². The molecule has 60 valence electrons. The molecule has 0 aliphatic rings. The highest BCUT2D eigenvalue weighted by atomic mass is 16.4. The molecule has 3 nitrogen and oxygen atoms in total. The number of hydrogen-bond acceptors (Lipinski definition) is 2. The monoisotopic (exact) mass is 145 g/mol. The summed E-state index contributed by atoms with van der Waals surface area (Å²) in [5, 5.41) is 11.3. The van der Waals surface area contributed by atoms with Gasteiger partial charge in [-0.15, -0.1) is 0 Å². The zero-order valence-electron chi connectivity index (χ0n) is 6.39.